The topological polar surface area (TPSA) is 76.1 Å². The van der Waals surface area contributed by atoms with Crippen molar-refractivity contribution in [2.75, 3.05) is 20.3 Å². The van der Waals surface area contributed by atoms with Gasteiger partial charge in [0.2, 0.25) is 0 Å². The summed E-state index contributed by atoms with van der Waals surface area (Å²) in [6.45, 7) is 2.36. The number of amides is 2. The fourth-order valence-electron chi connectivity index (χ4n) is 2.56. The van der Waals surface area contributed by atoms with Crippen LogP contribution in [0.1, 0.15) is 11.1 Å². The average Bonchev–Trinajstić information content (AvgIpc) is 2.93. The Morgan fingerprint density at radius 1 is 1.21 bits per heavy atom. The summed E-state index contributed by atoms with van der Waals surface area (Å²) < 4.78 is 11.3. The highest BCUT2D eigenvalue weighted by molar-refractivity contribution is 9.10. The number of hydrogen-bond donors (Lipinski definition) is 1. The number of aromatic hydroxyl groups is 1. The van der Waals surface area contributed by atoms with Crippen LogP contribution in [0, 0.1) is 6.92 Å². The summed E-state index contributed by atoms with van der Waals surface area (Å²) in [7, 11) is 1.44. The summed E-state index contributed by atoms with van der Waals surface area (Å²) in [6, 6.07) is 10.6. The smallest absolute Gasteiger partial charge is 0.293 e. The second-order valence-electron chi connectivity index (χ2n) is 6.04. The van der Waals surface area contributed by atoms with Gasteiger partial charge in [-0.25, -0.2) is 0 Å². The van der Waals surface area contributed by atoms with E-state index < -0.39 is 0 Å². The van der Waals surface area contributed by atoms with Gasteiger partial charge < -0.3 is 14.6 Å². The molecule has 0 atom stereocenters. The maximum atomic E-state index is 12.6. The zero-order valence-corrected chi connectivity index (χ0v) is 17.7. The Morgan fingerprint density at radius 3 is 2.61 bits per heavy atom. The zero-order chi connectivity index (χ0) is 20.3. The molecule has 0 radical (unpaired) electrons. The Labute approximate surface area is 175 Å². The third-order valence-corrected chi connectivity index (χ3v) is 5.66. The first-order valence-electron chi connectivity index (χ1n) is 8.40. The third kappa shape index (κ3) is 4.51. The summed E-state index contributed by atoms with van der Waals surface area (Å²) in [5, 5.41) is 9.45. The van der Waals surface area contributed by atoms with Gasteiger partial charge >= 0.3 is 0 Å². The third-order valence-electron chi connectivity index (χ3n) is 4.06. The number of thioether (sulfide) groups is 1. The molecule has 146 valence electrons. The molecule has 0 aromatic heterocycles. The molecule has 1 aliphatic heterocycles. The first kappa shape index (κ1) is 20.3. The van der Waals surface area contributed by atoms with Crippen molar-refractivity contribution in [3.8, 4) is 17.2 Å². The molecule has 6 nitrogen and oxygen atoms in total. The quantitative estimate of drug-likeness (QED) is 0.631. The number of phenolic OH excluding ortho intramolecular Hbond substituents is 1. The van der Waals surface area contributed by atoms with Crippen LogP contribution in [-0.4, -0.2) is 41.4 Å². The number of imide groups is 1. The molecule has 28 heavy (non-hydrogen) atoms. The highest BCUT2D eigenvalue weighted by Crippen LogP contribution is 2.37. The van der Waals surface area contributed by atoms with Crippen molar-refractivity contribution < 1.29 is 24.2 Å². The highest BCUT2D eigenvalue weighted by atomic mass is 79.9. The number of methoxy groups -OCH3 is 1. The molecule has 1 N–H and O–H groups in total. The molecule has 2 aromatic rings. The molecule has 3 rings (SSSR count). The van der Waals surface area contributed by atoms with Crippen LogP contribution < -0.4 is 9.47 Å². The minimum Gasteiger partial charge on any atom is -0.504 e. The number of hydrogen-bond acceptors (Lipinski definition) is 6. The molecule has 0 bridgehead atoms. The number of phenols is 1. The van der Waals surface area contributed by atoms with Crippen molar-refractivity contribution in [2.45, 2.75) is 6.92 Å². The van der Waals surface area contributed by atoms with Gasteiger partial charge in [0, 0.05) is 4.47 Å². The lowest BCUT2D eigenvalue weighted by atomic mass is 10.2. The van der Waals surface area contributed by atoms with E-state index in [9.17, 15) is 14.7 Å². The standard InChI is InChI=1S/C20H18BrNO5S/c1-12-3-5-14(6-4-12)27-8-7-22-19(24)18(28-20(22)25)10-13-9-17(26-2)16(23)11-15(13)21/h3-6,9-11,23H,7-8H2,1-2H3/b18-10-. The van der Waals surface area contributed by atoms with Crippen LogP contribution in [-0.2, 0) is 4.79 Å². The lowest BCUT2D eigenvalue weighted by molar-refractivity contribution is -0.123. The van der Waals surface area contributed by atoms with Gasteiger partial charge in [-0.15, -0.1) is 0 Å². The molecule has 1 saturated heterocycles. The summed E-state index contributed by atoms with van der Waals surface area (Å²) >= 11 is 4.21. The molecule has 0 saturated carbocycles. The van der Waals surface area contributed by atoms with Gasteiger partial charge in [-0.1, -0.05) is 33.6 Å². The van der Waals surface area contributed by atoms with E-state index in [1.165, 1.54) is 13.2 Å². The van der Waals surface area contributed by atoms with E-state index in [4.69, 9.17) is 9.47 Å². The van der Waals surface area contributed by atoms with E-state index >= 15 is 0 Å². The van der Waals surface area contributed by atoms with Crippen molar-refractivity contribution in [2.24, 2.45) is 0 Å². The van der Waals surface area contributed by atoms with Crippen LogP contribution in [0.25, 0.3) is 6.08 Å². The number of aryl methyl sites for hydroxylation is 1. The van der Waals surface area contributed by atoms with Crippen LogP contribution in [0.15, 0.2) is 45.8 Å². The van der Waals surface area contributed by atoms with E-state index in [0.29, 0.717) is 20.7 Å². The van der Waals surface area contributed by atoms with Gasteiger partial charge in [0.15, 0.2) is 11.5 Å². The summed E-state index contributed by atoms with van der Waals surface area (Å²) in [5.74, 6) is 0.572. The number of carbonyl (C=O) groups excluding carboxylic acids is 2. The maximum absolute atomic E-state index is 12.6. The summed E-state index contributed by atoms with van der Waals surface area (Å²) in [5.41, 5.74) is 1.75. The van der Waals surface area contributed by atoms with E-state index in [1.54, 1.807) is 12.1 Å². The van der Waals surface area contributed by atoms with Crippen LogP contribution in [0.4, 0.5) is 4.79 Å². The number of halogens is 1. The van der Waals surface area contributed by atoms with Gasteiger partial charge in [0.1, 0.15) is 12.4 Å². The Kier molecular flexibility index (Phi) is 6.31. The van der Waals surface area contributed by atoms with Gasteiger partial charge in [0.05, 0.1) is 18.6 Å². The molecule has 1 heterocycles. The van der Waals surface area contributed by atoms with Gasteiger partial charge in [-0.3, -0.25) is 14.5 Å². The van der Waals surface area contributed by atoms with Crippen molar-refractivity contribution in [1.29, 1.82) is 0 Å². The number of rotatable bonds is 6. The number of nitrogens with zero attached hydrogens (tertiary/aromatic N) is 1. The van der Waals surface area contributed by atoms with Gasteiger partial charge in [-0.05, 0) is 54.6 Å². The van der Waals surface area contributed by atoms with E-state index in [-0.39, 0.29) is 35.8 Å². The van der Waals surface area contributed by atoms with Crippen LogP contribution >= 0.6 is 27.7 Å². The fourth-order valence-corrected chi connectivity index (χ4v) is 3.86. The van der Waals surface area contributed by atoms with E-state index in [2.05, 4.69) is 15.9 Å². The number of carbonyl (C=O) groups is 2. The first-order valence-corrected chi connectivity index (χ1v) is 10.0. The minimum absolute atomic E-state index is 0.0205. The summed E-state index contributed by atoms with van der Waals surface area (Å²) in [4.78, 5) is 26.3. The Bertz CT molecular complexity index is 942. The Morgan fingerprint density at radius 2 is 1.93 bits per heavy atom. The largest absolute Gasteiger partial charge is 0.504 e. The predicted octanol–water partition coefficient (Wildman–Crippen LogP) is 4.59. The molecular formula is C20H18BrNO5S. The van der Waals surface area contributed by atoms with Gasteiger partial charge in [-0.2, -0.15) is 0 Å². The molecule has 2 amide bonds. The SMILES string of the molecule is COc1cc(/C=C2\SC(=O)N(CCOc3ccc(C)cc3)C2=O)c(Br)cc1O. The number of ether oxygens (including phenoxy) is 2. The fraction of sp³-hybridized carbons (Fsp3) is 0.200. The average molecular weight is 464 g/mol. The van der Waals surface area contributed by atoms with Crippen molar-refractivity contribution >= 4 is 44.9 Å². The maximum Gasteiger partial charge on any atom is 0.293 e. The number of benzene rings is 2. The molecule has 1 aliphatic rings. The van der Waals surface area contributed by atoms with Crippen molar-refractivity contribution in [3.63, 3.8) is 0 Å². The summed E-state index contributed by atoms with van der Waals surface area (Å²) in [6.07, 6.45) is 1.60. The molecule has 1 fully saturated rings. The zero-order valence-electron chi connectivity index (χ0n) is 15.3. The van der Waals surface area contributed by atoms with E-state index in [0.717, 1.165) is 22.2 Å². The molecule has 0 aliphatic carbocycles. The molecule has 0 unspecified atom stereocenters. The normalized spacial score (nSPS) is 15.4. The van der Waals surface area contributed by atoms with Crippen LogP contribution in [0.2, 0.25) is 0 Å². The van der Waals surface area contributed by atoms with Crippen LogP contribution in [0.5, 0.6) is 17.2 Å². The second-order valence-corrected chi connectivity index (χ2v) is 7.89. The minimum atomic E-state index is -0.374. The Hall–Kier alpha value is -2.45. The highest BCUT2D eigenvalue weighted by Gasteiger charge is 2.35. The molecule has 0 spiro atoms. The predicted molar refractivity (Wildman–Crippen MR) is 112 cm³/mol. The molecule has 8 heteroatoms. The van der Waals surface area contributed by atoms with Crippen molar-refractivity contribution in [3.05, 3.63) is 56.9 Å². The molecule has 2 aromatic carbocycles. The van der Waals surface area contributed by atoms with Crippen LogP contribution in [0.3, 0.4) is 0 Å². The Balaban J connectivity index is 1.69. The first-order chi connectivity index (χ1) is 13.4. The van der Waals surface area contributed by atoms with E-state index in [1.807, 2.05) is 31.2 Å². The molecular weight excluding hydrogens is 446 g/mol. The van der Waals surface area contributed by atoms with Gasteiger partial charge in [0.25, 0.3) is 11.1 Å². The second kappa shape index (κ2) is 8.70. The van der Waals surface area contributed by atoms with Crippen molar-refractivity contribution in [1.82, 2.24) is 4.90 Å². The lowest BCUT2D eigenvalue weighted by Gasteiger charge is -2.13. The lowest BCUT2D eigenvalue weighted by Crippen LogP contribution is -2.32. The monoisotopic (exact) mass is 463 g/mol.